The number of nitrogens with zero attached hydrogens (tertiary/aromatic N) is 3. The summed E-state index contributed by atoms with van der Waals surface area (Å²) in [6.07, 6.45) is -0.192. The maximum atomic E-state index is 12.7. The van der Waals surface area contributed by atoms with E-state index in [2.05, 4.69) is 0 Å². The largest absolute Gasteiger partial charge is 0.480 e. The Kier molecular flexibility index (Phi) is 5.42. The molecular formula is C13H15N3O6S. The molecule has 0 atom stereocenters. The van der Waals surface area contributed by atoms with Gasteiger partial charge in [0.2, 0.25) is 10.0 Å². The van der Waals surface area contributed by atoms with Crippen LogP contribution in [0.25, 0.3) is 0 Å². The van der Waals surface area contributed by atoms with Gasteiger partial charge in [0.05, 0.1) is 15.9 Å². The number of hydrogen-bond acceptors (Lipinski definition) is 6. The summed E-state index contributed by atoms with van der Waals surface area (Å²) in [7, 11) is -4.24. The molecule has 1 rings (SSSR count). The summed E-state index contributed by atoms with van der Waals surface area (Å²) in [6, 6.07) is 5.87. The van der Waals surface area contributed by atoms with Crippen LogP contribution in [0.2, 0.25) is 0 Å². The van der Waals surface area contributed by atoms with Gasteiger partial charge in [0.25, 0.3) is 5.69 Å². The molecule has 0 heterocycles. The zero-order valence-corrected chi connectivity index (χ0v) is 13.3. The maximum Gasteiger partial charge on any atom is 0.324 e. The van der Waals surface area contributed by atoms with Gasteiger partial charge in [-0.2, -0.15) is 9.57 Å². The monoisotopic (exact) mass is 341 g/mol. The minimum Gasteiger partial charge on any atom is -0.480 e. The third-order valence-corrected chi connectivity index (χ3v) is 5.30. The molecule has 0 unspecified atom stereocenters. The number of nitro benzene ring substituents is 1. The molecule has 10 heteroatoms. The van der Waals surface area contributed by atoms with Crippen LogP contribution in [0.3, 0.4) is 0 Å². The van der Waals surface area contributed by atoms with Crippen molar-refractivity contribution in [3.8, 4) is 6.07 Å². The average Bonchev–Trinajstić information content (AvgIpc) is 2.47. The topological polar surface area (TPSA) is 142 Å². The fourth-order valence-corrected chi connectivity index (χ4v) is 3.57. The predicted molar refractivity (Wildman–Crippen MR) is 78.9 cm³/mol. The van der Waals surface area contributed by atoms with Crippen LogP contribution < -0.4 is 0 Å². The van der Waals surface area contributed by atoms with Crippen molar-refractivity contribution in [1.82, 2.24) is 4.31 Å². The molecule has 0 aliphatic carbocycles. The zero-order chi connectivity index (χ0) is 17.8. The van der Waals surface area contributed by atoms with Crippen LogP contribution in [0, 0.1) is 21.4 Å². The van der Waals surface area contributed by atoms with E-state index in [1.54, 1.807) is 6.07 Å². The van der Waals surface area contributed by atoms with Crippen LogP contribution >= 0.6 is 0 Å². The van der Waals surface area contributed by atoms with Crippen molar-refractivity contribution < 1.29 is 23.2 Å². The molecule has 0 fully saturated rings. The third kappa shape index (κ3) is 3.82. The normalized spacial score (nSPS) is 11.9. The highest BCUT2D eigenvalue weighted by atomic mass is 32.2. The molecule has 0 amide bonds. The summed E-state index contributed by atoms with van der Waals surface area (Å²) in [5, 5.41) is 28.5. The second-order valence-corrected chi connectivity index (χ2v) is 6.96. The molecule has 0 aliphatic rings. The van der Waals surface area contributed by atoms with E-state index >= 15 is 0 Å². The number of rotatable bonds is 7. The number of non-ortho nitro benzene ring substituents is 1. The Morgan fingerprint density at radius 1 is 1.39 bits per heavy atom. The molecule has 1 aromatic carbocycles. The summed E-state index contributed by atoms with van der Waals surface area (Å²) < 4.78 is 26.0. The van der Waals surface area contributed by atoms with Crippen LogP contribution in [-0.2, 0) is 14.8 Å². The molecular weight excluding hydrogens is 326 g/mol. The summed E-state index contributed by atoms with van der Waals surface area (Å²) >= 11 is 0. The predicted octanol–water partition coefficient (Wildman–Crippen LogP) is 1.36. The van der Waals surface area contributed by atoms with Gasteiger partial charge in [-0.25, -0.2) is 8.42 Å². The highest BCUT2D eigenvalue weighted by molar-refractivity contribution is 7.89. The Labute approximate surface area is 133 Å². The van der Waals surface area contributed by atoms with Crippen LogP contribution in [-0.4, -0.2) is 40.8 Å². The minimum atomic E-state index is -4.24. The second-order valence-electron chi connectivity index (χ2n) is 5.10. The number of carboxylic acids is 1. The lowest BCUT2D eigenvalue weighted by Crippen LogP contribution is -2.53. The Morgan fingerprint density at radius 3 is 2.30 bits per heavy atom. The first-order valence-electron chi connectivity index (χ1n) is 6.42. The van der Waals surface area contributed by atoms with Gasteiger partial charge in [0.15, 0.2) is 0 Å². The van der Waals surface area contributed by atoms with E-state index in [9.17, 15) is 28.4 Å². The molecule has 0 bridgehead atoms. The first kappa shape index (κ1) is 18.5. The molecule has 0 aliphatic heterocycles. The van der Waals surface area contributed by atoms with Crippen molar-refractivity contribution >= 4 is 21.7 Å². The van der Waals surface area contributed by atoms with Crippen LogP contribution in [0.5, 0.6) is 0 Å². The molecule has 1 aromatic rings. The SMILES string of the molecule is CC(C)(C(=O)O)N(CCC#N)S(=O)(=O)c1ccc([N+](=O)[O-])cc1. The molecule has 1 N–H and O–H groups in total. The van der Waals surface area contributed by atoms with Gasteiger partial charge in [-0.3, -0.25) is 14.9 Å². The highest BCUT2D eigenvalue weighted by Gasteiger charge is 2.42. The quantitative estimate of drug-likeness (QED) is 0.583. The first-order valence-corrected chi connectivity index (χ1v) is 7.86. The summed E-state index contributed by atoms with van der Waals surface area (Å²) in [4.78, 5) is 21.0. The smallest absolute Gasteiger partial charge is 0.324 e. The number of carbonyl (C=O) groups is 1. The lowest BCUT2D eigenvalue weighted by Gasteiger charge is -2.33. The fourth-order valence-electron chi connectivity index (χ4n) is 1.83. The number of carboxylic acid groups (broad SMARTS) is 1. The number of nitro groups is 1. The number of aliphatic carboxylic acids is 1. The van der Waals surface area contributed by atoms with E-state index in [4.69, 9.17) is 5.26 Å². The molecule has 9 nitrogen and oxygen atoms in total. The summed E-state index contributed by atoms with van der Waals surface area (Å²) in [6.45, 7) is 2.10. The van der Waals surface area contributed by atoms with E-state index in [1.807, 2.05) is 0 Å². The lowest BCUT2D eigenvalue weighted by molar-refractivity contribution is -0.384. The molecule has 0 saturated carbocycles. The molecule has 0 radical (unpaired) electrons. The van der Waals surface area contributed by atoms with E-state index < -0.39 is 26.5 Å². The van der Waals surface area contributed by atoms with E-state index in [0.717, 1.165) is 24.3 Å². The highest BCUT2D eigenvalue weighted by Crippen LogP contribution is 2.26. The van der Waals surface area contributed by atoms with E-state index in [-0.39, 0.29) is 23.5 Å². The Hall–Kier alpha value is -2.51. The van der Waals surface area contributed by atoms with Gasteiger partial charge in [0.1, 0.15) is 5.54 Å². The van der Waals surface area contributed by atoms with Crippen molar-refractivity contribution in [3.63, 3.8) is 0 Å². The molecule has 23 heavy (non-hydrogen) atoms. The fraction of sp³-hybridized carbons (Fsp3) is 0.385. The van der Waals surface area contributed by atoms with Crippen molar-refractivity contribution in [2.75, 3.05) is 6.54 Å². The van der Waals surface area contributed by atoms with E-state index in [1.165, 1.54) is 13.8 Å². The summed E-state index contributed by atoms with van der Waals surface area (Å²) in [5.74, 6) is -1.37. The molecule has 0 spiro atoms. The van der Waals surface area contributed by atoms with Gasteiger partial charge in [-0.15, -0.1) is 0 Å². The van der Waals surface area contributed by atoms with Crippen LogP contribution in [0.15, 0.2) is 29.2 Å². The Morgan fingerprint density at radius 2 is 1.91 bits per heavy atom. The maximum absolute atomic E-state index is 12.7. The van der Waals surface area contributed by atoms with Crippen LogP contribution in [0.4, 0.5) is 5.69 Å². The molecule has 0 aromatic heterocycles. The van der Waals surface area contributed by atoms with Crippen molar-refractivity contribution in [1.29, 1.82) is 5.26 Å². The third-order valence-electron chi connectivity index (χ3n) is 3.21. The Balaban J connectivity index is 3.35. The molecule has 124 valence electrons. The average molecular weight is 341 g/mol. The standard InChI is InChI=1S/C13H15N3O6S/c1-13(2,12(17)18)15(9-3-8-14)23(21,22)11-6-4-10(5-7-11)16(19)20/h4-7H,3,9H2,1-2H3,(H,17,18). The van der Waals surface area contributed by atoms with Gasteiger partial charge in [-0.05, 0) is 26.0 Å². The van der Waals surface area contributed by atoms with Crippen LogP contribution in [0.1, 0.15) is 20.3 Å². The van der Waals surface area contributed by atoms with Crippen molar-refractivity contribution in [3.05, 3.63) is 34.4 Å². The van der Waals surface area contributed by atoms with Gasteiger partial charge in [-0.1, -0.05) is 0 Å². The van der Waals surface area contributed by atoms with Gasteiger partial charge < -0.3 is 5.11 Å². The molecule has 0 saturated heterocycles. The number of hydrogen-bond donors (Lipinski definition) is 1. The minimum absolute atomic E-state index is 0.192. The number of sulfonamides is 1. The number of benzene rings is 1. The van der Waals surface area contributed by atoms with E-state index in [0.29, 0.717) is 4.31 Å². The summed E-state index contributed by atoms with van der Waals surface area (Å²) in [5.41, 5.74) is -2.07. The van der Waals surface area contributed by atoms with Gasteiger partial charge >= 0.3 is 5.97 Å². The number of nitriles is 1. The zero-order valence-electron chi connectivity index (χ0n) is 12.5. The first-order chi connectivity index (χ1) is 10.5. The van der Waals surface area contributed by atoms with Crippen molar-refractivity contribution in [2.45, 2.75) is 30.7 Å². The Bertz CT molecular complexity index is 749. The van der Waals surface area contributed by atoms with Gasteiger partial charge in [0, 0.05) is 25.1 Å². The van der Waals surface area contributed by atoms with Crippen molar-refractivity contribution in [2.24, 2.45) is 0 Å². The second kappa shape index (κ2) is 6.72. The lowest BCUT2D eigenvalue weighted by atomic mass is 10.1.